The maximum atomic E-state index is 13.2. The molecule has 0 spiro atoms. The fraction of sp³-hybridized carbons (Fsp3) is 0.480. The molecule has 172 valence electrons. The quantitative estimate of drug-likeness (QED) is 0.582. The molecular formula is C25H32N2O5. The number of aromatic hydroxyl groups is 1. The van der Waals surface area contributed by atoms with Gasteiger partial charge in [0, 0.05) is 12.2 Å². The summed E-state index contributed by atoms with van der Waals surface area (Å²) < 4.78 is 1.69. The minimum absolute atomic E-state index is 0.0141. The van der Waals surface area contributed by atoms with E-state index in [1.54, 1.807) is 22.8 Å². The summed E-state index contributed by atoms with van der Waals surface area (Å²) in [6, 6.07) is 6.93. The largest absolute Gasteiger partial charge is 0.508 e. The van der Waals surface area contributed by atoms with Crippen LogP contribution >= 0.6 is 0 Å². The van der Waals surface area contributed by atoms with Crippen LogP contribution in [0.4, 0.5) is 0 Å². The van der Waals surface area contributed by atoms with Crippen molar-refractivity contribution in [2.24, 2.45) is 5.92 Å². The van der Waals surface area contributed by atoms with E-state index in [1.807, 2.05) is 13.8 Å². The lowest BCUT2D eigenvalue weighted by atomic mass is 9.89. The number of nitrogens with zero attached hydrogens (tertiary/aromatic N) is 1. The third kappa shape index (κ3) is 5.78. The number of nitrogens with one attached hydrogen (secondary N) is 1. The molecule has 1 heterocycles. The fourth-order valence-electron chi connectivity index (χ4n) is 4.37. The van der Waals surface area contributed by atoms with Gasteiger partial charge in [-0.2, -0.15) is 0 Å². The summed E-state index contributed by atoms with van der Waals surface area (Å²) in [6.07, 6.45) is 6.31. The molecule has 1 aliphatic rings. The molecule has 0 bridgehead atoms. The number of phenolic OH excluding ortho intramolecular Hbond substituents is 1. The van der Waals surface area contributed by atoms with Crippen molar-refractivity contribution in [2.45, 2.75) is 71.4 Å². The van der Waals surface area contributed by atoms with Crippen LogP contribution in [0.1, 0.15) is 65.7 Å². The summed E-state index contributed by atoms with van der Waals surface area (Å²) in [5.74, 6) is -1.25. The van der Waals surface area contributed by atoms with Gasteiger partial charge >= 0.3 is 5.97 Å². The van der Waals surface area contributed by atoms with Crippen molar-refractivity contribution in [3.63, 3.8) is 0 Å². The molecule has 1 aromatic heterocycles. The first kappa shape index (κ1) is 23.6. The molecule has 0 radical (unpaired) electrons. The molecule has 2 aromatic rings. The van der Waals surface area contributed by atoms with E-state index in [9.17, 15) is 24.6 Å². The normalized spacial score (nSPS) is 15.3. The molecule has 3 N–H and O–H groups in total. The number of rotatable bonds is 8. The van der Waals surface area contributed by atoms with Gasteiger partial charge in [-0.1, -0.05) is 31.4 Å². The third-order valence-corrected chi connectivity index (χ3v) is 6.48. The molecule has 0 saturated heterocycles. The Morgan fingerprint density at radius 1 is 1.12 bits per heavy atom. The van der Waals surface area contributed by atoms with Crippen LogP contribution in [-0.4, -0.2) is 32.7 Å². The Hall–Kier alpha value is -3.09. The highest BCUT2D eigenvalue weighted by atomic mass is 16.4. The van der Waals surface area contributed by atoms with Gasteiger partial charge in [-0.15, -0.1) is 0 Å². The number of pyridine rings is 1. The van der Waals surface area contributed by atoms with Gasteiger partial charge < -0.3 is 20.1 Å². The first-order chi connectivity index (χ1) is 15.3. The lowest BCUT2D eigenvalue weighted by molar-refractivity contribution is -0.139. The van der Waals surface area contributed by atoms with E-state index in [-0.39, 0.29) is 23.3 Å². The number of hydrogen-bond donors (Lipinski definition) is 3. The molecule has 3 rings (SSSR count). The monoisotopic (exact) mass is 440 g/mol. The van der Waals surface area contributed by atoms with Crippen molar-refractivity contribution in [1.82, 2.24) is 9.88 Å². The number of carboxylic acid groups (broad SMARTS) is 1. The van der Waals surface area contributed by atoms with Crippen LogP contribution in [0.15, 0.2) is 35.1 Å². The predicted molar refractivity (Wildman–Crippen MR) is 122 cm³/mol. The van der Waals surface area contributed by atoms with Crippen molar-refractivity contribution in [3.05, 3.63) is 63.1 Å². The number of amides is 1. The Bertz CT molecular complexity index is 1020. The van der Waals surface area contributed by atoms with Crippen molar-refractivity contribution < 1.29 is 19.8 Å². The molecule has 1 aliphatic carbocycles. The molecule has 32 heavy (non-hydrogen) atoms. The Morgan fingerprint density at radius 2 is 1.78 bits per heavy atom. The van der Waals surface area contributed by atoms with Crippen LogP contribution in [0.3, 0.4) is 0 Å². The highest BCUT2D eigenvalue weighted by Crippen LogP contribution is 2.25. The molecule has 1 fully saturated rings. The summed E-state index contributed by atoms with van der Waals surface area (Å²) in [5.41, 5.74) is 2.16. The van der Waals surface area contributed by atoms with Gasteiger partial charge in [0.15, 0.2) is 0 Å². The second kappa shape index (κ2) is 10.5. The number of carbonyl (C=O) groups is 2. The standard InChI is InChI=1S/C25H32N2O5/c1-16-14-21(24(30)27(17(16)2)15-19-6-4-3-5-7-19)23(29)26-22(25(31)32)13-10-18-8-11-20(28)12-9-18/h8-9,11-12,14,19,22,28H,3-7,10,13,15H2,1-2H3,(H,26,29)(H,31,32). The van der Waals surface area contributed by atoms with E-state index in [2.05, 4.69) is 5.32 Å². The van der Waals surface area contributed by atoms with Crippen molar-refractivity contribution in [1.29, 1.82) is 0 Å². The number of phenols is 1. The molecule has 1 aromatic carbocycles. The summed E-state index contributed by atoms with van der Waals surface area (Å²) in [4.78, 5) is 37.8. The molecular weight excluding hydrogens is 408 g/mol. The van der Waals surface area contributed by atoms with E-state index in [4.69, 9.17) is 0 Å². The molecule has 1 atom stereocenters. The molecule has 0 aliphatic heterocycles. The third-order valence-electron chi connectivity index (χ3n) is 6.48. The van der Waals surface area contributed by atoms with Gasteiger partial charge in [-0.25, -0.2) is 4.79 Å². The second-order valence-electron chi connectivity index (χ2n) is 8.82. The Labute approximate surface area is 188 Å². The van der Waals surface area contributed by atoms with Gasteiger partial charge in [-0.05, 0) is 74.8 Å². The predicted octanol–water partition coefficient (Wildman–Crippen LogP) is 3.57. The van der Waals surface area contributed by atoms with Crippen molar-refractivity contribution in [3.8, 4) is 5.75 Å². The van der Waals surface area contributed by atoms with Crippen LogP contribution in [0.2, 0.25) is 0 Å². The SMILES string of the molecule is Cc1cc(C(=O)NC(CCc2ccc(O)cc2)C(=O)O)c(=O)n(CC2CCCCC2)c1C. The average molecular weight is 441 g/mol. The number of aromatic nitrogens is 1. The maximum Gasteiger partial charge on any atom is 0.326 e. The first-order valence-electron chi connectivity index (χ1n) is 11.3. The fourth-order valence-corrected chi connectivity index (χ4v) is 4.37. The van der Waals surface area contributed by atoms with Crippen LogP contribution in [0, 0.1) is 19.8 Å². The highest BCUT2D eigenvalue weighted by molar-refractivity contribution is 5.96. The topological polar surface area (TPSA) is 109 Å². The van der Waals surface area contributed by atoms with Gasteiger partial charge in [0.2, 0.25) is 0 Å². The number of aryl methyl sites for hydroxylation is 2. The number of benzene rings is 1. The minimum atomic E-state index is -1.15. The first-order valence-corrected chi connectivity index (χ1v) is 11.3. The van der Waals surface area contributed by atoms with E-state index < -0.39 is 17.9 Å². The van der Waals surface area contributed by atoms with E-state index in [0.29, 0.717) is 18.9 Å². The van der Waals surface area contributed by atoms with Gasteiger partial charge in [0.05, 0.1) is 0 Å². The summed E-state index contributed by atoms with van der Waals surface area (Å²) >= 11 is 0. The zero-order valence-corrected chi connectivity index (χ0v) is 18.8. The maximum absolute atomic E-state index is 13.2. The molecule has 7 heteroatoms. The zero-order valence-electron chi connectivity index (χ0n) is 18.8. The molecule has 7 nitrogen and oxygen atoms in total. The lowest BCUT2D eigenvalue weighted by Gasteiger charge is -2.24. The van der Waals surface area contributed by atoms with E-state index in [0.717, 1.165) is 29.7 Å². The van der Waals surface area contributed by atoms with Crippen molar-refractivity contribution in [2.75, 3.05) is 0 Å². The minimum Gasteiger partial charge on any atom is -0.508 e. The Kier molecular flexibility index (Phi) is 7.72. The Balaban J connectivity index is 1.76. The average Bonchev–Trinajstić information content (AvgIpc) is 2.78. The van der Waals surface area contributed by atoms with Crippen LogP contribution in [-0.2, 0) is 17.8 Å². The highest BCUT2D eigenvalue weighted by Gasteiger charge is 2.24. The van der Waals surface area contributed by atoms with Gasteiger partial charge in [-0.3, -0.25) is 9.59 Å². The van der Waals surface area contributed by atoms with Gasteiger partial charge in [0.25, 0.3) is 11.5 Å². The summed E-state index contributed by atoms with van der Waals surface area (Å²) in [7, 11) is 0. The van der Waals surface area contributed by atoms with E-state index >= 15 is 0 Å². The summed E-state index contributed by atoms with van der Waals surface area (Å²) in [6.45, 7) is 4.34. The van der Waals surface area contributed by atoms with E-state index in [1.165, 1.54) is 31.4 Å². The summed E-state index contributed by atoms with van der Waals surface area (Å²) in [5, 5.41) is 21.5. The van der Waals surface area contributed by atoms with Crippen LogP contribution < -0.4 is 10.9 Å². The lowest BCUT2D eigenvalue weighted by Crippen LogP contribution is -2.44. The van der Waals surface area contributed by atoms with Crippen molar-refractivity contribution >= 4 is 11.9 Å². The number of carboxylic acids is 1. The number of hydrogen-bond acceptors (Lipinski definition) is 4. The molecule has 1 saturated carbocycles. The zero-order chi connectivity index (χ0) is 23.3. The van der Waals surface area contributed by atoms with Crippen LogP contribution in [0.5, 0.6) is 5.75 Å². The molecule has 1 unspecified atom stereocenters. The smallest absolute Gasteiger partial charge is 0.326 e. The number of carbonyl (C=O) groups excluding carboxylic acids is 1. The van der Waals surface area contributed by atoms with Crippen LogP contribution in [0.25, 0.3) is 0 Å². The molecule has 1 amide bonds. The second-order valence-corrected chi connectivity index (χ2v) is 8.82. The number of aliphatic carboxylic acids is 1. The van der Waals surface area contributed by atoms with Gasteiger partial charge in [0.1, 0.15) is 17.4 Å². The Morgan fingerprint density at radius 3 is 2.41 bits per heavy atom.